The Bertz CT molecular complexity index is 255. The van der Waals surface area contributed by atoms with E-state index in [1.54, 1.807) is 0 Å². The molecule has 0 radical (unpaired) electrons. The Morgan fingerprint density at radius 2 is 2.14 bits per heavy atom. The van der Waals surface area contributed by atoms with Crippen molar-refractivity contribution in [3.05, 3.63) is 22.8 Å². The summed E-state index contributed by atoms with van der Waals surface area (Å²) < 4.78 is 1.02. The first-order valence-corrected chi connectivity index (χ1v) is 6.62. The molecule has 0 amide bonds. The van der Waals surface area contributed by atoms with Gasteiger partial charge in [0, 0.05) is 29.1 Å². The van der Waals surface area contributed by atoms with Crippen LogP contribution in [0.15, 0.2) is 22.8 Å². The lowest BCUT2D eigenvalue weighted by molar-refractivity contribution is 0.784. The second kappa shape index (κ2) is 6.40. The zero-order chi connectivity index (χ0) is 10.4. The van der Waals surface area contributed by atoms with Crippen LogP contribution in [0.25, 0.3) is 0 Å². The Kier molecular flexibility index (Phi) is 5.48. The van der Waals surface area contributed by atoms with Crippen LogP contribution in [-0.2, 0) is 0 Å². The second-order valence-corrected chi connectivity index (χ2v) is 4.72. The summed E-state index contributed by atoms with van der Waals surface area (Å²) in [6, 6.07) is 4.07. The molecule has 0 bridgehead atoms. The standard InChI is InChI=1S/C10H14Br2N2/c1-2-6-14(7-5-11)10-4-3-9(12)8-13-10/h3-4,8H,2,5-7H2,1H3. The molecule has 0 fully saturated rings. The highest BCUT2D eigenvalue weighted by molar-refractivity contribution is 9.10. The average Bonchev–Trinajstić information content (AvgIpc) is 2.19. The molecule has 0 aliphatic carbocycles. The van der Waals surface area contributed by atoms with E-state index in [0.29, 0.717) is 0 Å². The molecule has 0 aliphatic heterocycles. The van der Waals surface area contributed by atoms with Gasteiger partial charge in [-0.2, -0.15) is 0 Å². The van der Waals surface area contributed by atoms with Crippen molar-refractivity contribution < 1.29 is 0 Å². The third-order valence-corrected chi connectivity index (χ3v) is 2.71. The van der Waals surface area contributed by atoms with Crippen LogP contribution in [0.1, 0.15) is 13.3 Å². The van der Waals surface area contributed by atoms with Crippen LogP contribution in [-0.4, -0.2) is 23.4 Å². The molecule has 1 heterocycles. The second-order valence-electron chi connectivity index (χ2n) is 3.01. The summed E-state index contributed by atoms with van der Waals surface area (Å²) in [5.74, 6) is 1.05. The number of hydrogen-bond acceptors (Lipinski definition) is 2. The van der Waals surface area contributed by atoms with Gasteiger partial charge in [-0.25, -0.2) is 4.98 Å². The third kappa shape index (κ3) is 3.58. The van der Waals surface area contributed by atoms with Crippen LogP contribution < -0.4 is 4.90 Å². The summed E-state index contributed by atoms with van der Waals surface area (Å²) in [6.45, 7) is 4.24. The van der Waals surface area contributed by atoms with Gasteiger partial charge in [-0.05, 0) is 34.5 Å². The monoisotopic (exact) mass is 320 g/mol. The highest BCUT2D eigenvalue weighted by atomic mass is 79.9. The molecule has 0 aromatic carbocycles. The Labute approximate surface area is 102 Å². The first kappa shape index (κ1) is 12.0. The molecule has 0 atom stereocenters. The summed E-state index contributed by atoms with van der Waals surface area (Å²) in [7, 11) is 0. The van der Waals surface area contributed by atoms with E-state index in [1.165, 1.54) is 0 Å². The summed E-state index contributed by atoms with van der Waals surface area (Å²) in [4.78, 5) is 6.65. The van der Waals surface area contributed by atoms with Crippen molar-refractivity contribution in [1.29, 1.82) is 0 Å². The third-order valence-electron chi connectivity index (χ3n) is 1.88. The largest absolute Gasteiger partial charge is 0.356 e. The molecule has 2 nitrogen and oxygen atoms in total. The lowest BCUT2D eigenvalue weighted by Gasteiger charge is -2.21. The molecule has 1 rings (SSSR count). The summed E-state index contributed by atoms with van der Waals surface area (Å²) in [6.07, 6.45) is 2.98. The maximum absolute atomic E-state index is 4.37. The molecule has 0 spiro atoms. The van der Waals surface area contributed by atoms with E-state index < -0.39 is 0 Å². The van der Waals surface area contributed by atoms with Crippen molar-refractivity contribution in [2.24, 2.45) is 0 Å². The highest BCUT2D eigenvalue weighted by Gasteiger charge is 2.04. The number of nitrogens with zero attached hydrogens (tertiary/aromatic N) is 2. The van der Waals surface area contributed by atoms with Gasteiger partial charge in [0.15, 0.2) is 0 Å². The fourth-order valence-electron chi connectivity index (χ4n) is 1.27. The topological polar surface area (TPSA) is 16.1 Å². The average molecular weight is 322 g/mol. The molecule has 4 heteroatoms. The maximum atomic E-state index is 4.37. The van der Waals surface area contributed by atoms with E-state index in [9.17, 15) is 0 Å². The number of anilines is 1. The van der Waals surface area contributed by atoms with Gasteiger partial charge >= 0.3 is 0 Å². The number of halogens is 2. The van der Waals surface area contributed by atoms with Crippen molar-refractivity contribution in [1.82, 2.24) is 4.98 Å². The van der Waals surface area contributed by atoms with Crippen LogP contribution >= 0.6 is 31.9 Å². The van der Waals surface area contributed by atoms with Crippen molar-refractivity contribution in [2.45, 2.75) is 13.3 Å². The molecule has 0 N–H and O–H groups in total. The maximum Gasteiger partial charge on any atom is 0.128 e. The van der Waals surface area contributed by atoms with Crippen molar-refractivity contribution >= 4 is 37.7 Å². The molecule has 14 heavy (non-hydrogen) atoms. The molecule has 1 aromatic heterocycles. The van der Waals surface area contributed by atoms with Gasteiger partial charge in [0.05, 0.1) is 0 Å². The lowest BCUT2D eigenvalue weighted by Crippen LogP contribution is -2.26. The lowest BCUT2D eigenvalue weighted by atomic mass is 10.3. The van der Waals surface area contributed by atoms with E-state index in [-0.39, 0.29) is 0 Å². The van der Waals surface area contributed by atoms with E-state index in [0.717, 1.165) is 35.1 Å². The molecule has 1 aromatic rings. The van der Waals surface area contributed by atoms with Crippen molar-refractivity contribution in [3.8, 4) is 0 Å². The van der Waals surface area contributed by atoms with E-state index in [2.05, 4.69) is 48.7 Å². The number of aromatic nitrogens is 1. The van der Waals surface area contributed by atoms with Crippen LogP contribution in [0.5, 0.6) is 0 Å². The van der Waals surface area contributed by atoms with Gasteiger partial charge in [-0.3, -0.25) is 0 Å². The summed E-state index contributed by atoms with van der Waals surface area (Å²) >= 11 is 6.84. The van der Waals surface area contributed by atoms with Gasteiger partial charge in [-0.1, -0.05) is 22.9 Å². The molecule has 0 saturated carbocycles. The fourth-order valence-corrected chi connectivity index (χ4v) is 1.93. The Morgan fingerprint density at radius 3 is 2.64 bits per heavy atom. The normalized spacial score (nSPS) is 10.2. The molecule has 78 valence electrons. The number of alkyl halides is 1. The van der Waals surface area contributed by atoms with Gasteiger partial charge in [0.25, 0.3) is 0 Å². The van der Waals surface area contributed by atoms with Crippen LogP contribution in [0.4, 0.5) is 5.82 Å². The summed E-state index contributed by atoms with van der Waals surface area (Å²) in [5, 5.41) is 0.977. The van der Waals surface area contributed by atoms with Gasteiger partial charge in [0.2, 0.25) is 0 Å². The SMILES string of the molecule is CCCN(CCBr)c1ccc(Br)cn1. The Hall–Kier alpha value is -0.0900. The number of pyridine rings is 1. The quantitative estimate of drug-likeness (QED) is 0.772. The first-order chi connectivity index (χ1) is 6.77. The molecule has 0 saturated heterocycles. The Morgan fingerprint density at radius 1 is 1.36 bits per heavy atom. The van der Waals surface area contributed by atoms with Crippen LogP contribution in [0, 0.1) is 0 Å². The number of hydrogen-bond donors (Lipinski definition) is 0. The molecular weight excluding hydrogens is 308 g/mol. The van der Waals surface area contributed by atoms with Crippen molar-refractivity contribution in [3.63, 3.8) is 0 Å². The first-order valence-electron chi connectivity index (χ1n) is 4.70. The molecule has 0 unspecified atom stereocenters. The summed E-state index contributed by atoms with van der Waals surface area (Å²) in [5.41, 5.74) is 0. The minimum atomic E-state index is 0.977. The minimum Gasteiger partial charge on any atom is -0.356 e. The van der Waals surface area contributed by atoms with Crippen LogP contribution in [0.2, 0.25) is 0 Å². The minimum absolute atomic E-state index is 0.977. The van der Waals surface area contributed by atoms with E-state index in [1.807, 2.05) is 18.3 Å². The van der Waals surface area contributed by atoms with Gasteiger partial charge in [-0.15, -0.1) is 0 Å². The predicted molar refractivity (Wildman–Crippen MR) is 68.2 cm³/mol. The number of rotatable bonds is 5. The fraction of sp³-hybridized carbons (Fsp3) is 0.500. The van der Waals surface area contributed by atoms with Crippen molar-refractivity contribution in [2.75, 3.05) is 23.3 Å². The van der Waals surface area contributed by atoms with Crippen LogP contribution in [0.3, 0.4) is 0 Å². The van der Waals surface area contributed by atoms with E-state index in [4.69, 9.17) is 0 Å². The molecular formula is C10H14Br2N2. The molecule has 0 aliphatic rings. The zero-order valence-electron chi connectivity index (χ0n) is 8.21. The van der Waals surface area contributed by atoms with E-state index >= 15 is 0 Å². The van der Waals surface area contributed by atoms with Gasteiger partial charge < -0.3 is 4.90 Å². The highest BCUT2D eigenvalue weighted by Crippen LogP contribution is 2.15. The Balaban J connectivity index is 2.71. The predicted octanol–water partition coefficient (Wildman–Crippen LogP) is 3.46. The zero-order valence-corrected chi connectivity index (χ0v) is 11.4. The van der Waals surface area contributed by atoms with Gasteiger partial charge in [0.1, 0.15) is 5.82 Å². The smallest absolute Gasteiger partial charge is 0.128 e.